The van der Waals surface area contributed by atoms with E-state index >= 15 is 0 Å². The van der Waals surface area contributed by atoms with Crippen molar-refractivity contribution in [3.63, 3.8) is 0 Å². The molecule has 0 aromatic heterocycles. The Morgan fingerprint density at radius 1 is 0.885 bits per heavy atom. The van der Waals surface area contributed by atoms with Crippen molar-refractivity contribution in [1.29, 1.82) is 0 Å². The lowest BCUT2D eigenvalue weighted by Crippen LogP contribution is -2.47. The molecule has 2 bridgehead atoms. The molecule has 4 aliphatic heterocycles. The van der Waals surface area contributed by atoms with Crippen LogP contribution in [0.3, 0.4) is 0 Å². The third-order valence-corrected chi connectivity index (χ3v) is 7.94. The van der Waals surface area contributed by atoms with Gasteiger partial charge in [-0.15, -0.1) is 0 Å². The SMILES string of the molecule is O=P12OCC(COP3(=O)Oc4ccccc4-c4ccccc43)(CO1)CO2. The Hall–Kier alpha value is -1.46. The number of phosphoric ester groups is 1. The fraction of sp³-hybridized carbons (Fsp3) is 0.294. The number of hydrogen-bond acceptors (Lipinski definition) is 7. The minimum Gasteiger partial charge on any atom is -0.421 e. The van der Waals surface area contributed by atoms with E-state index in [2.05, 4.69) is 0 Å². The smallest absolute Gasteiger partial charge is 0.421 e. The lowest BCUT2D eigenvalue weighted by atomic mass is 9.93. The Kier molecular flexibility index (Phi) is 3.70. The largest absolute Gasteiger partial charge is 0.474 e. The van der Waals surface area contributed by atoms with Crippen molar-refractivity contribution >= 4 is 20.7 Å². The molecule has 0 N–H and O–H groups in total. The molecule has 3 fully saturated rings. The molecular formula is C17H16O7P2. The van der Waals surface area contributed by atoms with Gasteiger partial charge in [0, 0.05) is 11.1 Å². The fourth-order valence-electron chi connectivity index (χ4n) is 3.22. The average Bonchev–Trinajstić information content (AvgIpc) is 2.68. The highest BCUT2D eigenvalue weighted by Crippen LogP contribution is 2.61. The molecule has 4 aliphatic rings. The summed E-state index contributed by atoms with van der Waals surface area (Å²) in [6, 6.07) is 14.8. The van der Waals surface area contributed by atoms with Crippen molar-refractivity contribution < 1.29 is 31.7 Å². The predicted molar refractivity (Wildman–Crippen MR) is 93.6 cm³/mol. The predicted octanol–water partition coefficient (Wildman–Crippen LogP) is 3.75. The summed E-state index contributed by atoms with van der Waals surface area (Å²) >= 11 is 0. The molecule has 0 radical (unpaired) electrons. The van der Waals surface area contributed by atoms with Gasteiger partial charge in [0.15, 0.2) is 0 Å². The first-order valence-electron chi connectivity index (χ1n) is 8.18. The first kappa shape index (κ1) is 16.7. The molecular weight excluding hydrogens is 378 g/mol. The van der Waals surface area contributed by atoms with Gasteiger partial charge in [0.1, 0.15) is 5.75 Å². The van der Waals surface area contributed by atoms with E-state index in [1.807, 2.05) is 30.3 Å². The lowest BCUT2D eigenvalue weighted by molar-refractivity contribution is -0.110. The Morgan fingerprint density at radius 3 is 2.23 bits per heavy atom. The van der Waals surface area contributed by atoms with Crippen LogP contribution in [0.5, 0.6) is 5.75 Å². The Morgan fingerprint density at radius 2 is 1.50 bits per heavy atom. The molecule has 6 rings (SSSR count). The molecule has 136 valence electrons. The number of rotatable bonds is 3. The zero-order chi connectivity index (χ0) is 17.8. The first-order valence-corrected chi connectivity index (χ1v) is 11.2. The van der Waals surface area contributed by atoms with E-state index in [9.17, 15) is 9.13 Å². The van der Waals surface area contributed by atoms with Crippen LogP contribution >= 0.6 is 15.4 Å². The number of hydrogen-bond donors (Lipinski definition) is 0. The highest BCUT2D eigenvalue weighted by molar-refractivity contribution is 7.63. The van der Waals surface area contributed by atoms with Crippen molar-refractivity contribution in [2.75, 3.05) is 26.4 Å². The molecule has 0 saturated carbocycles. The first-order chi connectivity index (χ1) is 12.5. The van der Waals surface area contributed by atoms with Gasteiger partial charge in [0.05, 0.1) is 37.1 Å². The van der Waals surface area contributed by atoms with Gasteiger partial charge in [-0.25, -0.2) is 9.13 Å². The second-order valence-electron chi connectivity index (χ2n) is 6.64. The second kappa shape index (κ2) is 5.77. The van der Waals surface area contributed by atoms with Crippen molar-refractivity contribution in [2.24, 2.45) is 5.41 Å². The van der Waals surface area contributed by atoms with Crippen LogP contribution in [0.1, 0.15) is 0 Å². The minimum atomic E-state index is -3.59. The maximum atomic E-state index is 13.6. The number of phosphoric acid groups is 1. The van der Waals surface area contributed by atoms with E-state index in [0.29, 0.717) is 11.1 Å². The average molecular weight is 394 g/mol. The summed E-state index contributed by atoms with van der Waals surface area (Å²) in [5.74, 6) is 0.521. The van der Waals surface area contributed by atoms with Crippen LogP contribution in [-0.2, 0) is 27.2 Å². The van der Waals surface area contributed by atoms with E-state index in [1.165, 1.54) is 0 Å². The molecule has 0 aliphatic carbocycles. The lowest BCUT2D eigenvalue weighted by Gasteiger charge is -2.44. The van der Waals surface area contributed by atoms with Gasteiger partial charge in [0.2, 0.25) is 0 Å². The molecule has 1 atom stereocenters. The van der Waals surface area contributed by atoms with Gasteiger partial charge < -0.3 is 4.52 Å². The van der Waals surface area contributed by atoms with E-state index in [0.717, 1.165) is 11.1 Å². The van der Waals surface area contributed by atoms with Crippen molar-refractivity contribution in [3.8, 4) is 16.9 Å². The van der Waals surface area contributed by atoms with Crippen LogP contribution in [0, 0.1) is 5.41 Å². The summed E-state index contributed by atoms with van der Waals surface area (Å²) in [5, 5.41) is 0.523. The third kappa shape index (κ3) is 2.59. The van der Waals surface area contributed by atoms with Crippen molar-refractivity contribution in [3.05, 3.63) is 48.5 Å². The molecule has 4 heterocycles. The maximum absolute atomic E-state index is 13.6. The topological polar surface area (TPSA) is 80.3 Å². The zero-order valence-corrected chi connectivity index (χ0v) is 15.5. The quantitative estimate of drug-likeness (QED) is 0.734. The van der Waals surface area contributed by atoms with Crippen LogP contribution in [0.25, 0.3) is 11.1 Å². The minimum absolute atomic E-state index is 0.0424. The highest BCUT2D eigenvalue weighted by Gasteiger charge is 2.52. The van der Waals surface area contributed by atoms with Crippen LogP contribution in [0.15, 0.2) is 48.5 Å². The summed E-state index contributed by atoms with van der Waals surface area (Å²) in [6.45, 7) is 0.550. The standard InChI is InChI=1S/C17H16O7P2/c18-25(20-9-17-10-21-26(19,22-11-17)23-12-17)16-8-4-2-6-14(16)13-5-1-3-7-15(13)24-25/h1-8H,9-12H2. The number of benzene rings is 2. The molecule has 7 nitrogen and oxygen atoms in total. The van der Waals surface area contributed by atoms with Crippen LogP contribution < -0.4 is 9.83 Å². The van der Waals surface area contributed by atoms with Crippen LogP contribution in [0.4, 0.5) is 0 Å². The summed E-state index contributed by atoms with van der Waals surface area (Å²) in [6.07, 6.45) is 0. The monoisotopic (exact) mass is 394 g/mol. The molecule has 2 aromatic carbocycles. The summed E-state index contributed by atoms with van der Waals surface area (Å²) in [5.41, 5.74) is 1.05. The van der Waals surface area contributed by atoms with Gasteiger partial charge in [-0.05, 0) is 12.1 Å². The molecule has 3 saturated heterocycles. The number of fused-ring (bicyclic) bond motifs is 6. The molecule has 0 amide bonds. The van der Waals surface area contributed by atoms with E-state index in [1.54, 1.807) is 18.2 Å². The molecule has 1 unspecified atom stereocenters. The van der Waals surface area contributed by atoms with Gasteiger partial charge >= 0.3 is 15.4 Å². The maximum Gasteiger partial charge on any atom is 0.474 e. The highest BCUT2D eigenvalue weighted by atomic mass is 31.2. The molecule has 0 spiro atoms. The summed E-state index contributed by atoms with van der Waals surface area (Å²) in [7, 11) is -6.99. The summed E-state index contributed by atoms with van der Waals surface area (Å²) < 4.78 is 52.6. The van der Waals surface area contributed by atoms with Crippen LogP contribution in [-0.4, -0.2) is 26.4 Å². The van der Waals surface area contributed by atoms with Crippen molar-refractivity contribution in [1.82, 2.24) is 0 Å². The second-order valence-corrected chi connectivity index (χ2v) is 10.2. The van der Waals surface area contributed by atoms with E-state index < -0.39 is 20.8 Å². The van der Waals surface area contributed by atoms with Gasteiger partial charge in [-0.2, -0.15) is 0 Å². The van der Waals surface area contributed by atoms with Crippen molar-refractivity contribution in [2.45, 2.75) is 0 Å². The Bertz CT molecular complexity index is 942. The molecule has 9 heteroatoms. The van der Waals surface area contributed by atoms with Gasteiger partial charge in [0.25, 0.3) is 0 Å². The Balaban J connectivity index is 1.46. The fourth-order valence-corrected chi connectivity index (χ4v) is 6.65. The zero-order valence-electron chi connectivity index (χ0n) is 13.7. The van der Waals surface area contributed by atoms with Crippen LogP contribution in [0.2, 0.25) is 0 Å². The third-order valence-electron chi connectivity index (χ3n) is 4.72. The van der Waals surface area contributed by atoms with E-state index in [4.69, 9.17) is 22.6 Å². The Labute approximate surface area is 150 Å². The molecule has 26 heavy (non-hydrogen) atoms. The normalized spacial score (nSPS) is 34.6. The van der Waals surface area contributed by atoms with Gasteiger partial charge in [-0.1, -0.05) is 36.4 Å². The summed E-state index contributed by atoms with van der Waals surface area (Å²) in [4.78, 5) is 0. The van der Waals surface area contributed by atoms with E-state index in [-0.39, 0.29) is 26.4 Å². The van der Waals surface area contributed by atoms with Gasteiger partial charge in [-0.3, -0.25) is 18.1 Å². The number of para-hydroxylation sites is 1. The molecule has 2 aromatic rings.